The van der Waals surface area contributed by atoms with Crippen LogP contribution in [0.1, 0.15) is 51.8 Å². The number of aryl methyl sites for hydroxylation is 1. The molecule has 2 saturated carbocycles. The lowest BCUT2D eigenvalue weighted by atomic mass is 9.60. The van der Waals surface area contributed by atoms with Crippen molar-refractivity contribution in [2.45, 2.75) is 71.2 Å². The summed E-state index contributed by atoms with van der Waals surface area (Å²) in [6.07, 6.45) is 7.78. The Balaban J connectivity index is 1.59. The molecule has 2 fully saturated rings. The lowest BCUT2D eigenvalue weighted by Crippen LogP contribution is -2.65. The fourth-order valence-corrected chi connectivity index (χ4v) is 4.49. The van der Waals surface area contributed by atoms with Crippen LogP contribution in [0.25, 0.3) is 0 Å². The number of nitrogens with one attached hydrogen (secondary N) is 1. The van der Waals surface area contributed by atoms with Crippen LogP contribution in [0.5, 0.6) is 0 Å². The number of amides is 2. The Hall–Kier alpha value is -1.63. The standard InChI is InChI=1S/C17H29N5O2/c1-4-22-12-19-20-15(22)11-18-16(23)21(3)13-10-14(24-5-2)17(13)8-6-7-9-17/h12-14H,4-11H2,1-3H3,(H,18,23)/t13-,14+/m0/s1. The van der Waals surface area contributed by atoms with E-state index in [2.05, 4.69) is 22.4 Å². The summed E-state index contributed by atoms with van der Waals surface area (Å²) in [6, 6.07) is 0.243. The number of urea groups is 1. The van der Waals surface area contributed by atoms with Gasteiger partial charge in [0, 0.05) is 31.7 Å². The maximum Gasteiger partial charge on any atom is 0.317 e. The highest BCUT2D eigenvalue weighted by atomic mass is 16.5. The van der Waals surface area contributed by atoms with Crippen LogP contribution in [0.3, 0.4) is 0 Å². The first-order valence-electron chi connectivity index (χ1n) is 9.11. The van der Waals surface area contributed by atoms with E-state index in [1.807, 2.05) is 23.4 Å². The molecule has 134 valence electrons. The van der Waals surface area contributed by atoms with Crippen LogP contribution < -0.4 is 5.32 Å². The summed E-state index contributed by atoms with van der Waals surface area (Å²) in [5, 5.41) is 10.9. The minimum absolute atomic E-state index is 0.0353. The van der Waals surface area contributed by atoms with E-state index in [-0.39, 0.29) is 17.5 Å². The second-order valence-electron chi connectivity index (χ2n) is 6.94. The zero-order valence-corrected chi connectivity index (χ0v) is 15.0. The van der Waals surface area contributed by atoms with E-state index in [4.69, 9.17) is 4.74 Å². The first kappa shape index (κ1) is 17.2. The van der Waals surface area contributed by atoms with E-state index in [0.29, 0.717) is 12.6 Å². The van der Waals surface area contributed by atoms with Gasteiger partial charge in [-0.15, -0.1) is 10.2 Å². The molecular weight excluding hydrogens is 306 g/mol. The fraction of sp³-hybridized carbons (Fsp3) is 0.824. The molecule has 24 heavy (non-hydrogen) atoms. The van der Waals surface area contributed by atoms with Crippen molar-refractivity contribution >= 4 is 6.03 Å². The van der Waals surface area contributed by atoms with E-state index >= 15 is 0 Å². The third-order valence-electron chi connectivity index (χ3n) is 5.87. The summed E-state index contributed by atoms with van der Waals surface area (Å²) in [4.78, 5) is 14.5. The Morgan fingerprint density at radius 1 is 1.46 bits per heavy atom. The molecule has 7 nitrogen and oxygen atoms in total. The highest BCUT2D eigenvalue weighted by molar-refractivity contribution is 5.74. The lowest BCUT2D eigenvalue weighted by molar-refractivity contribution is -0.151. The quantitative estimate of drug-likeness (QED) is 0.865. The molecule has 3 rings (SSSR count). The molecule has 2 aliphatic rings. The summed E-state index contributed by atoms with van der Waals surface area (Å²) in [5.41, 5.74) is 0.172. The van der Waals surface area contributed by atoms with Crippen LogP contribution in [0.2, 0.25) is 0 Å². The molecule has 1 N–H and O–H groups in total. The van der Waals surface area contributed by atoms with Gasteiger partial charge in [-0.2, -0.15) is 0 Å². The van der Waals surface area contributed by atoms with Gasteiger partial charge in [-0.05, 0) is 33.1 Å². The molecule has 0 bridgehead atoms. The van der Waals surface area contributed by atoms with Gasteiger partial charge >= 0.3 is 6.03 Å². The smallest absolute Gasteiger partial charge is 0.317 e. The van der Waals surface area contributed by atoms with Gasteiger partial charge in [0.1, 0.15) is 6.33 Å². The predicted octanol–water partition coefficient (Wildman–Crippen LogP) is 2.18. The van der Waals surface area contributed by atoms with Crippen molar-refractivity contribution < 1.29 is 9.53 Å². The second-order valence-corrected chi connectivity index (χ2v) is 6.94. The van der Waals surface area contributed by atoms with E-state index in [0.717, 1.165) is 25.4 Å². The van der Waals surface area contributed by atoms with Crippen LogP contribution >= 0.6 is 0 Å². The number of nitrogens with zero attached hydrogens (tertiary/aromatic N) is 4. The number of aromatic nitrogens is 3. The molecule has 7 heteroatoms. The maximum absolute atomic E-state index is 12.6. The summed E-state index contributed by atoms with van der Waals surface area (Å²) in [5.74, 6) is 0.788. The summed E-state index contributed by atoms with van der Waals surface area (Å²) >= 11 is 0. The maximum atomic E-state index is 12.6. The Morgan fingerprint density at radius 2 is 2.21 bits per heavy atom. The number of rotatable bonds is 6. The molecule has 1 aromatic rings. The van der Waals surface area contributed by atoms with Crippen LogP contribution in [-0.4, -0.2) is 51.5 Å². The largest absolute Gasteiger partial charge is 0.378 e. The van der Waals surface area contributed by atoms with Crippen LogP contribution in [-0.2, 0) is 17.8 Å². The van der Waals surface area contributed by atoms with Gasteiger partial charge in [-0.1, -0.05) is 12.8 Å². The molecule has 1 spiro atoms. The Labute approximate surface area is 143 Å². The first-order valence-corrected chi connectivity index (χ1v) is 9.11. The first-order chi connectivity index (χ1) is 11.6. The second kappa shape index (κ2) is 7.09. The van der Waals surface area contributed by atoms with E-state index in [1.54, 1.807) is 6.33 Å². The van der Waals surface area contributed by atoms with Crippen LogP contribution in [0.4, 0.5) is 4.79 Å². The molecule has 0 radical (unpaired) electrons. The zero-order chi connectivity index (χ0) is 17.2. The summed E-state index contributed by atoms with van der Waals surface area (Å²) < 4.78 is 7.88. The van der Waals surface area contributed by atoms with E-state index < -0.39 is 0 Å². The summed E-state index contributed by atoms with van der Waals surface area (Å²) in [6.45, 7) is 6.05. The number of carbonyl (C=O) groups excluding carboxylic acids is 1. The highest BCUT2D eigenvalue weighted by Crippen LogP contribution is 2.56. The molecule has 0 saturated heterocycles. The third kappa shape index (κ3) is 2.90. The summed E-state index contributed by atoms with van der Waals surface area (Å²) in [7, 11) is 1.91. The van der Waals surface area contributed by atoms with E-state index in [1.165, 1.54) is 25.7 Å². The van der Waals surface area contributed by atoms with Gasteiger partial charge in [0.25, 0.3) is 0 Å². The van der Waals surface area contributed by atoms with Crippen molar-refractivity contribution in [2.24, 2.45) is 5.41 Å². The van der Waals surface area contributed by atoms with Gasteiger partial charge in [-0.25, -0.2) is 4.79 Å². The zero-order valence-electron chi connectivity index (χ0n) is 15.0. The van der Waals surface area contributed by atoms with Gasteiger partial charge in [0.2, 0.25) is 0 Å². The monoisotopic (exact) mass is 335 g/mol. The average molecular weight is 335 g/mol. The number of hydrogen-bond donors (Lipinski definition) is 1. The van der Waals surface area contributed by atoms with Gasteiger partial charge in [0.05, 0.1) is 12.6 Å². The Kier molecular flexibility index (Phi) is 5.08. The molecule has 2 aliphatic carbocycles. The van der Waals surface area contributed by atoms with E-state index in [9.17, 15) is 4.79 Å². The van der Waals surface area contributed by atoms with Crippen molar-refractivity contribution in [3.05, 3.63) is 12.2 Å². The molecular formula is C17H29N5O2. The van der Waals surface area contributed by atoms with Crippen molar-refractivity contribution in [1.29, 1.82) is 0 Å². The third-order valence-corrected chi connectivity index (χ3v) is 5.87. The molecule has 1 heterocycles. The topological polar surface area (TPSA) is 72.3 Å². The molecule has 2 atom stereocenters. The molecule has 0 unspecified atom stereocenters. The van der Waals surface area contributed by atoms with Crippen LogP contribution in [0, 0.1) is 5.41 Å². The fourth-order valence-electron chi connectivity index (χ4n) is 4.49. The lowest BCUT2D eigenvalue weighted by Gasteiger charge is -2.56. The molecule has 2 amide bonds. The van der Waals surface area contributed by atoms with Crippen LogP contribution in [0.15, 0.2) is 6.33 Å². The predicted molar refractivity (Wildman–Crippen MR) is 90.4 cm³/mol. The number of hydrogen-bond acceptors (Lipinski definition) is 4. The van der Waals surface area contributed by atoms with Gasteiger partial charge < -0.3 is 19.5 Å². The Morgan fingerprint density at radius 3 is 2.88 bits per heavy atom. The van der Waals surface area contributed by atoms with Crippen molar-refractivity contribution in [1.82, 2.24) is 25.0 Å². The normalized spacial score (nSPS) is 24.8. The number of ether oxygens (including phenoxy) is 1. The Bertz CT molecular complexity index is 567. The minimum Gasteiger partial charge on any atom is -0.378 e. The molecule has 0 aromatic carbocycles. The number of carbonyl (C=O) groups is 1. The van der Waals surface area contributed by atoms with Crippen molar-refractivity contribution in [3.8, 4) is 0 Å². The van der Waals surface area contributed by atoms with Gasteiger partial charge in [0.15, 0.2) is 5.82 Å². The van der Waals surface area contributed by atoms with Crippen molar-refractivity contribution in [2.75, 3.05) is 13.7 Å². The molecule has 1 aromatic heterocycles. The highest BCUT2D eigenvalue weighted by Gasteiger charge is 2.58. The SMILES string of the molecule is CCO[C@@H]1C[C@H](N(C)C(=O)NCc2nncn2CC)C12CCCC2. The minimum atomic E-state index is -0.0353. The molecule has 0 aliphatic heterocycles. The average Bonchev–Trinajstić information content (AvgIpc) is 3.25. The van der Waals surface area contributed by atoms with Crippen molar-refractivity contribution in [3.63, 3.8) is 0 Å². The van der Waals surface area contributed by atoms with Gasteiger partial charge in [-0.3, -0.25) is 0 Å².